The van der Waals surface area contributed by atoms with Gasteiger partial charge in [0, 0.05) is 7.05 Å². The van der Waals surface area contributed by atoms with E-state index >= 15 is 0 Å². The Hall–Kier alpha value is -2.88. The van der Waals surface area contributed by atoms with E-state index in [1.165, 1.54) is 37.4 Å². The molecule has 14 heteroatoms. The lowest BCUT2D eigenvalue weighted by molar-refractivity contribution is -0.121. The van der Waals surface area contributed by atoms with Gasteiger partial charge in [-0.2, -0.15) is 13.5 Å². The van der Waals surface area contributed by atoms with Gasteiger partial charge >= 0.3 is 6.03 Å². The molecular formula is C17H22N4O9S. The molecule has 1 aromatic rings. The Labute approximate surface area is 177 Å². The number of carbonyl (C=O) groups excluding carboxylic acids is 2. The van der Waals surface area contributed by atoms with Gasteiger partial charge in [0.2, 0.25) is 0 Å². The number of rotatable bonds is 9. The van der Waals surface area contributed by atoms with Crippen molar-refractivity contribution in [1.82, 2.24) is 15.0 Å². The lowest BCUT2D eigenvalue weighted by Gasteiger charge is -2.23. The first-order chi connectivity index (χ1) is 14.5. The van der Waals surface area contributed by atoms with Crippen molar-refractivity contribution < 1.29 is 43.5 Å². The third-order valence-electron chi connectivity index (χ3n) is 4.26. The van der Waals surface area contributed by atoms with Gasteiger partial charge < -0.3 is 30.8 Å². The van der Waals surface area contributed by atoms with Crippen LogP contribution >= 0.6 is 0 Å². The van der Waals surface area contributed by atoms with Crippen LogP contribution in [0.2, 0.25) is 0 Å². The van der Waals surface area contributed by atoms with Gasteiger partial charge in [0.25, 0.3) is 15.9 Å². The van der Waals surface area contributed by atoms with Crippen LogP contribution < -0.4 is 10.1 Å². The molecule has 4 atom stereocenters. The van der Waals surface area contributed by atoms with Gasteiger partial charge in [-0.15, -0.1) is 0 Å². The lowest BCUT2D eigenvalue weighted by Crippen LogP contribution is -2.46. The maximum absolute atomic E-state index is 12.2. The molecule has 1 aromatic carbocycles. The van der Waals surface area contributed by atoms with E-state index in [0.717, 1.165) is 4.90 Å². The number of carbonyl (C=O) groups is 2. The summed E-state index contributed by atoms with van der Waals surface area (Å²) in [4.78, 5) is 25.7. The first kappa shape index (κ1) is 24.4. The summed E-state index contributed by atoms with van der Waals surface area (Å²) in [5.41, 5.74) is 0.475. The number of hydrazone groups is 1. The maximum Gasteiger partial charge on any atom is 0.328 e. The average Bonchev–Trinajstić information content (AvgIpc) is 2.98. The van der Waals surface area contributed by atoms with Crippen molar-refractivity contribution in [3.05, 3.63) is 35.5 Å². The largest absolute Gasteiger partial charge is 0.394 e. The molecule has 31 heavy (non-hydrogen) atoms. The number of aliphatic hydroxyl groups excluding tert-OH is 5. The zero-order valence-corrected chi connectivity index (χ0v) is 17.0. The van der Waals surface area contributed by atoms with E-state index in [2.05, 4.69) is 10.4 Å². The fourth-order valence-corrected chi connectivity index (χ4v) is 3.19. The predicted octanol–water partition coefficient (Wildman–Crippen LogP) is -3.09. The molecule has 0 unspecified atom stereocenters. The van der Waals surface area contributed by atoms with Crippen molar-refractivity contribution in [3.63, 3.8) is 0 Å². The van der Waals surface area contributed by atoms with E-state index in [0.29, 0.717) is 11.8 Å². The number of imide groups is 1. The van der Waals surface area contributed by atoms with Gasteiger partial charge in [0.1, 0.15) is 30.1 Å². The highest BCUT2D eigenvalue weighted by Crippen LogP contribution is 2.15. The summed E-state index contributed by atoms with van der Waals surface area (Å²) in [6, 6.07) is 4.61. The minimum atomic E-state index is -4.15. The van der Waals surface area contributed by atoms with E-state index < -0.39 is 53.0 Å². The van der Waals surface area contributed by atoms with Crippen LogP contribution in [0, 0.1) is 0 Å². The molecule has 7 N–H and O–H groups in total. The summed E-state index contributed by atoms with van der Waals surface area (Å²) in [6.45, 7) is -0.862. The van der Waals surface area contributed by atoms with Gasteiger partial charge in [-0.1, -0.05) is 12.1 Å². The number of nitrogens with zero attached hydrogens (tertiary/aromatic N) is 2. The molecule has 1 heterocycles. The van der Waals surface area contributed by atoms with Crippen LogP contribution in [0.25, 0.3) is 6.08 Å². The molecule has 13 nitrogen and oxygen atoms in total. The van der Waals surface area contributed by atoms with Crippen LogP contribution in [-0.2, 0) is 14.8 Å². The number of benzene rings is 1. The predicted molar refractivity (Wildman–Crippen MR) is 106 cm³/mol. The second kappa shape index (κ2) is 9.95. The molecule has 1 aliphatic heterocycles. The van der Waals surface area contributed by atoms with Crippen LogP contribution in [0.5, 0.6) is 0 Å². The molecule has 1 aliphatic rings. The molecule has 2 rings (SSSR count). The summed E-state index contributed by atoms with van der Waals surface area (Å²) >= 11 is 0. The van der Waals surface area contributed by atoms with Gasteiger partial charge in [-0.3, -0.25) is 9.69 Å². The molecule has 0 radical (unpaired) electrons. The van der Waals surface area contributed by atoms with Crippen LogP contribution in [0.1, 0.15) is 5.56 Å². The Morgan fingerprint density at radius 2 is 1.74 bits per heavy atom. The Balaban J connectivity index is 2.04. The molecule has 0 aromatic heterocycles. The van der Waals surface area contributed by atoms with Gasteiger partial charge in [0.05, 0.1) is 17.7 Å². The Kier molecular flexibility index (Phi) is 7.83. The van der Waals surface area contributed by atoms with Crippen molar-refractivity contribution in [3.8, 4) is 0 Å². The summed E-state index contributed by atoms with van der Waals surface area (Å²) in [6.07, 6.45) is -5.40. The summed E-state index contributed by atoms with van der Waals surface area (Å²) in [5, 5.41) is 52.4. The lowest BCUT2D eigenvalue weighted by atomic mass is 10.0. The molecule has 1 saturated heterocycles. The second-order valence-corrected chi connectivity index (χ2v) is 8.18. The molecular weight excluding hydrogens is 436 g/mol. The van der Waals surface area contributed by atoms with Gasteiger partial charge in [-0.05, 0) is 23.8 Å². The molecule has 0 spiro atoms. The highest BCUT2D eigenvalue weighted by Gasteiger charge is 2.30. The van der Waals surface area contributed by atoms with Crippen LogP contribution in [0.4, 0.5) is 4.79 Å². The summed E-state index contributed by atoms with van der Waals surface area (Å²) < 4.78 is 24.5. The molecule has 0 bridgehead atoms. The Morgan fingerprint density at radius 3 is 2.26 bits per heavy atom. The number of hydrogen-bond acceptors (Lipinski definition) is 10. The fraction of sp³-hybridized carbons (Fsp3) is 0.353. The quantitative estimate of drug-likeness (QED) is 0.0864. The molecule has 0 aliphatic carbocycles. The molecule has 3 amide bonds. The molecule has 170 valence electrons. The standard InChI is InChI=1S/C17H22N4O9S/c1-21-16(27)11(19-17(21)28)6-9-2-4-10(5-3-9)31(29,30)20-18-7-12(23)14(25)15(26)13(24)8-22/h2-7,12-15,20,22-26H,8H2,1H3,(H,19,28)/b11-6+,18-7+/t12-,13+,14-,15+/m0/s1. The number of aliphatic hydroxyl groups is 5. The maximum atomic E-state index is 12.2. The Morgan fingerprint density at radius 1 is 1.13 bits per heavy atom. The van der Waals surface area contributed by atoms with Crippen molar-refractivity contribution >= 4 is 34.3 Å². The highest BCUT2D eigenvalue weighted by molar-refractivity contribution is 7.89. The number of likely N-dealkylation sites (N-methyl/N-ethyl adjacent to an activating group) is 1. The average molecular weight is 458 g/mol. The number of amides is 3. The van der Waals surface area contributed by atoms with E-state index in [9.17, 15) is 38.4 Å². The number of nitrogens with one attached hydrogen (secondary N) is 2. The molecule has 1 fully saturated rings. The van der Waals surface area contributed by atoms with Crippen molar-refractivity contribution in [2.24, 2.45) is 5.10 Å². The minimum absolute atomic E-state index is 0.0341. The third-order valence-corrected chi connectivity index (χ3v) is 5.50. The Bertz CT molecular complexity index is 978. The van der Waals surface area contributed by atoms with Crippen molar-refractivity contribution in [1.29, 1.82) is 0 Å². The summed E-state index contributed by atoms with van der Waals surface area (Å²) in [7, 11) is -2.84. The number of hydrogen-bond donors (Lipinski definition) is 7. The zero-order chi connectivity index (χ0) is 23.3. The SMILES string of the molecule is CN1C(=O)N/C(=C/c2ccc(S(=O)(=O)N/N=C/[C@H](O)[C@H](O)[C@H](O)[C@H](O)CO)cc2)C1=O. The van der Waals surface area contributed by atoms with Gasteiger partial charge in [0.15, 0.2) is 0 Å². The van der Waals surface area contributed by atoms with Crippen molar-refractivity contribution in [2.75, 3.05) is 13.7 Å². The molecule has 0 saturated carbocycles. The van der Waals surface area contributed by atoms with Gasteiger partial charge in [-0.25, -0.2) is 9.63 Å². The zero-order valence-electron chi connectivity index (χ0n) is 16.2. The fourth-order valence-electron chi connectivity index (χ4n) is 2.39. The summed E-state index contributed by atoms with van der Waals surface area (Å²) in [5.74, 6) is -0.532. The van der Waals surface area contributed by atoms with E-state index in [1.54, 1.807) is 4.83 Å². The van der Waals surface area contributed by atoms with E-state index in [1.807, 2.05) is 0 Å². The second-order valence-electron chi connectivity index (χ2n) is 6.52. The number of urea groups is 1. The topological polar surface area (TPSA) is 209 Å². The first-order valence-electron chi connectivity index (χ1n) is 8.77. The van der Waals surface area contributed by atoms with Crippen LogP contribution in [0.15, 0.2) is 40.0 Å². The minimum Gasteiger partial charge on any atom is -0.394 e. The van der Waals surface area contributed by atoms with E-state index in [-0.39, 0.29) is 10.6 Å². The first-order valence-corrected chi connectivity index (χ1v) is 10.2. The van der Waals surface area contributed by atoms with Crippen LogP contribution in [-0.4, -0.2) is 95.1 Å². The number of sulfonamides is 1. The normalized spacial score (nSPS) is 20.1. The smallest absolute Gasteiger partial charge is 0.328 e. The monoisotopic (exact) mass is 458 g/mol. The highest BCUT2D eigenvalue weighted by atomic mass is 32.2. The van der Waals surface area contributed by atoms with Crippen molar-refractivity contribution in [2.45, 2.75) is 29.3 Å². The van der Waals surface area contributed by atoms with E-state index in [4.69, 9.17) is 5.11 Å². The van der Waals surface area contributed by atoms with Crippen LogP contribution in [0.3, 0.4) is 0 Å². The third kappa shape index (κ3) is 5.84.